The molecule has 0 N–H and O–H groups in total. The minimum atomic E-state index is 0.249. The van der Waals surface area contributed by atoms with Crippen LogP contribution in [0.15, 0.2) is 52.4 Å². The maximum Gasteiger partial charge on any atom is 0.172 e. The molecule has 3 aromatic rings. The minimum absolute atomic E-state index is 0.249. The first-order chi connectivity index (χ1) is 9.74. The Morgan fingerprint density at radius 2 is 2.15 bits per heavy atom. The Labute approximate surface area is 130 Å². The number of fused-ring (bicyclic) bond motifs is 1. The van der Waals surface area contributed by atoms with E-state index in [9.17, 15) is 4.79 Å². The molecule has 0 spiro atoms. The number of carbonyl (C=O) groups is 1. The van der Waals surface area contributed by atoms with Crippen molar-refractivity contribution in [3.63, 3.8) is 0 Å². The fraction of sp³-hybridized carbons (Fsp3) is 0.188. The first-order valence-electron chi connectivity index (χ1n) is 6.55. The van der Waals surface area contributed by atoms with Crippen molar-refractivity contribution in [3.8, 4) is 0 Å². The predicted octanol–water partition coefficient (Wildman–Crippen LogP) is 5.13. The van der Waals surface area contributed by atoms with Gasteiger partial charge in [0.05, 0.1) is 4.88 Å². The highest BCUT2D eigenvalue weighted by Gasteiger charge is 2.07. The number of rotatable bonds is 5. The van der Waals surface area contributed by atoms with Crippen LogP contribution < -0.4 is 0 Å². The number of ketones is 1. The van der Waals surface area contributed by atoms with Gasteiger partial charge in [0.25, 0.3) is 0 Å². The van der Waals surface area contributed by atoms with Gasteiger partial charge >= 0.3 is 0 Å². The lowest BCUT2D eigenvalue weighted by Gasteiger charge is -2.05. The van der Waals surface area contributed by atoms with Gasteiger partial charge in [0, 0.05) is 34.5 Å². The van der Waals surface area contributed by atoms with E-state index in [1.807, 2.05) is 17.5 Å². The third kappa shape index (κ3) is 2.86. The Balaban J connectivity index is 1.64. The molecule has 2 aromatic heterocycles. The van der Waals surface area contributed by atoms with E-state index in [-0.39, 0.29) is 5.78 Å². The molecular formula is C16H14BrNOS. The van der Waals surface area contributed by atoms with Crippen LogP contribution in [0, 0.1) is 0 Å². The van der Waals surface area contributed by atoms with Crippen LogP contribution >= 0.6 is 27.3 Å². The zero-order valence-corrected chi connectivity index (χ0v) is 13.3. The SMILES string of the molecule is O=C(CCCn1ccc2cc(Br)ccc21)c1cccs1. The summed E-state index contributed by atoms with van der Waals surface area (Å²) >= 11 is 5.00. The van der Waals surface area contributed by atoms with Gasteiger partial charge in [-0.1, -0.05) is 22.0 Å². The van der Waals surface area contributed by atoms with Crippen LogP contribution in [0.25, 0.3) is 10.9 Å². The molecule has 0 aliphatic carbocycles. The van der Waals surface area contributed by atoms with E-state index >= 15 is 0 Å². The average molecular weight is 348 g/mol. The molecule has 0 saturated carbocycles. The molecule has 0 fully saturated rings. The second-order valence-electron chi connectivity index (χ2n) is 4.72. The molecule has 1 aromatic carbocycles. The van der Waals surface area contributed by atoms with Crippen LogP contribution in [0.5, 0.6) is 0 Å². The van der Waals surface area contributed by atoms with Crippen molar-refractivity contribution in [1.82, 2.24) is 4.57 Å². The van der Waals surface area contributed by atoms with Gasteiger partial charge in [-0.2, -0.15) is 0 Å². The van der Waals surface area contributed by atoms with Crippen molar-refractivity contribution >= 4 is 44.0 Å². The quantitative estimate of drug-likeness (QED) is 0.586. The normalized spacial score (nSPS) is 11.1. The summed E-state index contributed by atoms with van der Waals surface area (Å²) in [5, 5.41) is 3.17. The number of nitrogens with zero attached hydrogens (tertiary/aromatic N) is 1. The third-order valence-electron chi connectivity index (χ3n) is 3.33. The summed E-state index contributed by atoms with van der Waals surface area (Å²) in [4.78, 5) is 12.8. The van der Waals surface area contributed by atoms with Crippen molar-refractivity contribution in [3.05, 3.63) is 57.3 Å². The van der Waals surface area contributed by atoms with E-state index in [1.165, 1.54) is 22.2 Å². The van der Waals surface area contributed by atoms with E-state index in [0.29, 0.717) is 6.42 Å². The summed E-state index contributed by atoms with van der Waals surface area (Å²) in [5.74, 6) is 0.249. The molecule has 0 aliphatic rings. The monoisotopic (exact) mass is 347 g/mol. The largest absolute Gasteiger partial charge is 0.347 e. The Bertz CT molecular complexity index is 730. The molecule has 0 unspecified atom stereocenters. The Morgan fingerprint density at radius 1 is 1.25 bits per heavy atom. The summed E-state index contributed by atoms with van der Waals surface area (Å²) in [6.07, 6.45) is 3.57. The van der Waals surface area contributed by atoms with Crippen LogP contribution in [0.2, 0.25) is 0 Å². The first-order valence-corrected chi connectivity index (χ1v) is 8.22. The number of hydrogen-bond donors (Lipinski definition) is 0. The number of aromatic nitrogens is 1. The first kappa shape index (κ1) is 13.6. The lowest BCUT2D eigenvalue weighted by molar-refractivity contribution is 0.0982. The van der Waals surface area contributed by atoms with E-state index < -0.39 is 0 Å². The molecule has 2 nitrogen and oxygen atoms in total. The van der Waals surface area contributed by atoms with Crippen LogP contribution in [-0.2, 0) is 6.54 Å². The van der Waals surface area contributed by atoms with Crippen LogP contribution in [0.1, 0.15) is 22.5 Å². The number of aryl methyl sites for hydroxylation is 1. The lowest BCUT2D eigenvalue weighted by atomic mass is 10.2. The molecule has 2 heterocycles. The lowest BCUT2D eigenvalue weighted by Crippen LogP contribution is -2.01. The fourth-order valence-corrected chi connectivity index (χ4v) is 3.41. The highest BCUT2D eigenvalue weighted by molar-refractivity contribution is 9.10. The van der Waals surface area contributed by atoms with E-state index in [0.717, 1.165) is 22.3 Å². The number of hydrogen-bond acceptors (Lipinski definition) is 2. The molecule has 4 heteroatoms. The molecule has 0 saturated heterocycles. The number of Topliss-reactive ketones (excluding diaryl/α,β-unsaturated/α-hetero) is 1. The molecule has 0 atom stereocenters. The summed E-state index contributed by atoms with van der Waals surface area (Å²) in [5.41, 5.74) is 1.22. The standard InChI is InChI=1S/C16H14BrNOS/c17-13-5-6-14-12(11-13)7-9-18(14)8-1-3-15(19)16-4-2-10-20-16/h2,4-7,9-11H,1,3,8H2. The van der Waals surface area contributed by atoms with Crippen molar-refractivity contribution in [2.45, 2.75) is 19.4 Å². The van der Waals surface area contributed by atoms with Crippen molar-refractivity contribution in [2.75, 3.05) is 0 Å². The summed E-state index contributed by atoms with van der Waals surface area (Å²) in [7, 11) is 0. The topological polar surface area (TPSA) is 22.0 Å². The maximum atomic E-state index is 11.9. The number of thiophene rings is 1. The fourth-order valence-electron chi connectivity index (χ4n) is 2.34. The zero-order chi connectivity index (χ0) is 13.9. The molecule has 0 aliphatic heterocycles. The van der Waals surface area contributed by atoms with Gasteiger partial charge in [0.15, 0.2) is 5.78 Å². The Morgan fingerprint density at radius 3 is 2.95 bits per heavy atom. The molecule has 102 valence electrons. The van der Waals surface area contributed by atoms with Crippen molar-refractivity contribution in [1.29, 1.82) is 0 Å². The molecule has 0 radical (unpaired) electrons. The zero-order valence-electron chi connectivity index (χ0n) is 10.9. The van der Waals surface area contributed by atoms with Gasteiger partial charge in [-0.3, -0.25) is 4.79 Å². The van der Waals surface area contributed by atoms with E-state index in [1.54, 1.807) is 0 Å². The van der Waals surface area contributed by atoms with Crippen molar-refractivity contribution in [2.24, 2.45) is 0 Å². The van der Waals surface area contributed by atoms with Gasteiger partial charge in [-0.25, -0.2) is 0 Å². The number of carbonyl (C=O) groups excluding carboxylic acids is 1. The number of benzene rings is 1. The Hall–Kier alpha value is -1.39. The summed E-state index contributed by atoms with van der Waals surface area (Å²) in [6, 6.07) is 12.2. The van der Waals surface area contributed by atoms with Crippen LogP contribution in [-0.4, -0.2) is 10.4 Å². The highest BCUT2D eigenvalue weighted by Crippen LogP contribution is 2.21. The molecule has 0 amide bonds. The smallest absolute Gasteiger partial charge is 0.172 e. The van der Waals surface area contributed by atoms with Gasteiger partial charge in [-0.05, 0) is 42.1 Å². The minimum Gasteiger partial charge on any atom is -0.347 e. The van der Waals surface area contributed by atoms with E-state index in [4.69, 9.17) is 0 Å². The van der Waals surface area contributed by atoms with Gasteiger partial charge < -0.3 is 4.57 Å². The molecule has 20 heavy (non-hydrogen) atoms. The van der Waals surface area contributed by atoms with Crippen molar-refractivity contribution < 1.29 is 4.79 Å². The summed E-state index contributed by atoms with van der Waals surface area (Å²) < 4.78 is 3.30. The molecule has 3 rings (SSSR count). The second-order valence-corrected chi connectivity index (χ2v) is 6.58. The molecule has 0 bridgehead atoms. The average Bonchev–Trinajstić information content (AvgIpc) is 3.08. The van der Waals surface area contributed by atoms with Gasteiger partial charge in [0.2, 0.25) is 0 Å². The van der Waals surface area contributed by atoms with E-state index in [2.05, 4.69) is 51.0 Å². The highest BCUT2D eigenvalue weighted by atomic mass is 79.9. The van der Waals surface area contributed by atoms with Gasteiger partial charge in [0.1, 0.15) is 0 Å². The van der Waals surface area contributed by atoms with Gasteiger partial charge in [-0.15, -0.1) is 11.3 Å². The Kier molecular flexibility index (Phi) is 4.03. The molecular weight excluding hydrogens is 334 g/mol. The van der Waals surface area contributed by atoms with Crippen LogP contribution in [0.4, 0.5) is 0 Å². The number of halogens is 1. The third-order valence-corrected chi connectivity index (χ3v) is 4.74. The van der Waals surface area contributed by atoms with Crippen LogP contribution in [0.3, 0.4) is 0 Å². The second kappa shape index (κ2) is 5.94. The maximum absolute atomic E-state index is 11.9. The summed E-state index contributed by atoms with van der Waals surface area (Å²) in [6.45, 7) is 0.877. The predicted molar refractivity (Wildman–Crippen MR) is 87.5 cm³/mol.